The van der Waals surface area contributed by atoms with Crippen LogP contribution in [0.1, 0.15) is 9.68 Å². The summed E-state index contributed by atoms with van der Waals surface area (Å²) in [5.74, 6) is 7.29. The molecule has 5 aromatic carbocycles. The van der Waals surface area contributed by atoms with Crippen molar-refractivity contribution in [1.82, 2.24) is 9.97 Å². The topological polar surface area (TPSA) is 38.9 Å². The molecule has 3 heterocycles. The molecule has 0 spiro atoms. The van der Waals surface area contributed by atoms with Gasteiger partial charge in [0.2, 0.25) is 0 Å². The third-order valence-electron chi connectivity index (χ3n) is 8.41. The summed E-state index contributed by atoms with van der Waals surface area (Å²) in [5, 5.41) is 2.19. The Labute approximate surface area is 309 Å². The van der Waals surface area contributed by atoms with Gasteiger partial charge in [0.1, 0.15) is 0 Å². The normalized spacial score (nSPS) is 12.3. The molecule has 49 heavy (non-hydrogen) atoms. The van der Waals surface area contributed by atoms with E-state index >= 15 is 0 Å². The molecule has 3 nitrogen and oxygen atoms in total. The predicted molar refractivity (Wildman–Crippen MR) is 203 cm³/mol. The summed E-state index contributed by atoms with van der Waals surface area (Å²) in [4.78, 5) is 8.64. The van der Waals surface area contributed by atoms with Crippen molar-refractivity contribution in [3.63, 3.8) is 0 Å². The largest absolute Gasteiger partial charge is 0 e. The van der Waals surface area contributed by atoms with Crippen molar-refractivity contribution in [1.29, 1.82) is 0 Å². The summed E-state index contributed by atoms with van der Waals surface area (Å²) in [6.07, 6.45) is 3.19. The number of aryl methyl sites for hydroxylation is 1. The van der Waals surface area contributed by atoms with Gasteiger partial charge in [0.15, 0.2) is 0 Å². The molecule has 3 aromatic heterocycles. The molecule has 8 aromatic rings. The Morgan fingerprint density at radius 3 is 2.00 bits per heavy atom. The van der Waals surface area contributed by atoms with E-state index in [0.29, 0.717) is 0 Å². The van der Waals surface area contributed by atoms with Gasteiger partial charge in [-0.1, -0.05) is 29.8 Å². The molecular formula is C44H36GeIrN2O-2. The van der Waals surface area contributed by atoms with E-state index in [1.807, 2.05) is 42.5 Å². The van der Waals surface area contributed by atoms with Gasteiger partial charge in [0.05, 0.1) is 0 Å². The maximum absolute atomic E-state index is 7.23. The summed E-state index contributed by atoms with van der Waals surface area (Å²) in [7, 11) is 0. The Morgan fingerprint density at radius 2 is 1.35 bits per heavy atom. The molecule has 0 saturated heterocycles. The average Bonchev–Trinajstić information content (AvgIpc) is 3.55. The van der Waals surface area contributed by atoms with Gasteiger partial charge < -0.3 is 9.97 Å². The van der Waals surface area contributed by atoms with Gasteiger partial charge in [-0.2, -0.15) is 0 Å². The van der Waals surface area contributed by atoms with Crippen LogP contribution >= 0.6 is 0 Å². The summed E-state index contributed by atoms with van der Waals surface area (Å²) < 4.78 is 29.7. The Kier molecular flexibility index (Phi) is 9.25. The zero-order valence-electron chi connectivity index (χ0n) is 30.5. The first-order valence-corrected chi connectivity index (χ1v) is 23.3. The molecular weight excluding hydrogens is 837 g/mol. The minimum atomic E-state index is -2.09. The van der Waals surface area contributed by atoms with E-state index in [1.165, 1.54) is 21.7 Å². The average molecular weight is 877 g/mol. The molecule has 0 bridgehead atoms. The maximum Gasteiger partial charge on any atom is 0 e. The van der Waals surface area contributed by atoms with E-state index in [1.54, 1.807) is 24.4 Å². The van der Waals surface area contributed by atoms with E-state index in [2.05, 4.69) is 112 Å². The van der Waals surface area contributed by atoms with Crippen LogP contribution in [0.4, 0.5) is 0 Å². The van der Waals surface area contributed by atoms with Gasteiger partial charge in [-0.25, -0.2) is 0 Å². The number of aromatic nitrogens is 2. The predicted octanol–water partition coefficient (Wildman–Crippen LogP) is 11.2. The monoisotopic (exact) mass is 878 g/mol. The summed E-state index contributed by atoms with van der Waals surface area (Å²) >= 11 is -1.80. The van der Waals surface area contributed by atoms with Crippen LogP contribution in [-0.2, 0) is 20.1 Å². The van der Waals surface area contributed by atoms with Crippen molar-refractivity contribution in [3.8, 4) is 44.8 Å². The number of fused-ring (bicyclic) bond motifs is 3. The van der Waals surface area contributed by atoms with E-state index in [4.69, 9.17) is 8.53 Å². The second-order valence-corrected chi connectivity index (χ2v) is 23.4. The van der Waals surface area contributed by atoms with Gasteiger partial charge in [-0.05, 0) is 29.9 Å². The number of para-hydroxylation sites is 1. The Hall–Kier alpha value is -4.61. The second-order valence-electron chi connectivity index (χ2n) is 12.7. The molecule has 0 aliphatic rings. The third kappa shape index (κ3) is 7.53. The van der Waals surface area contributed by atoms with E-state index in [9.17, 15) is 0 Å². The van der Waals surface area contributed by atoms with Crippen molar-refractivity contribution in [2.24, 2.45) is 0 Å². The van der Waals surface area contributed by atoms with Crippen molar-refractivity contribution in [2.45, 2.75) is 24.1 Å². The molecule has 0 aliphatic heterocycles. The first-order valence-electron chi connectivity index (χ1n) is 17.5. The molecule has 0 unspecified atom stereocenters. The zero-order chi connectivity index (χ0) is 35.6. The Morgan fingerprint density at radius 1 is 0.612 bits per heavy atom. The van der Waals surface area contributed by atoms with Crippen LogP contribution in [-0.4, -0.2) is 23.2 Å². The van der Waals surface area contributed by atoms with Crippen LogP contribution in [0.5, 0.6) is 0 Å². The fourth-order valence-electron chi connectivity index (χ4n) is 5.80. The maximum atomic E-state index is 7.23. The van der Waals surface area contributed by atoms with Crippen molar-refractivity contribution in [3.05, 3.63) is 164 Å². The fourth-order valence-corrected chi connectivity index (χ4v) is 8.25. The standard InChI is InChI=1S/C32H26GeNO.C12H10N.Ir/c1-33(2,3)25-19-17-23(18-20-25)22-13-15-24(16-14-22)26-8-6-9-27-28-10-7-11-29(32(28)35-31(26)27)30-12-4-5-21-34-30;1-10-7-8-12(13-9-10)11-5-3-2-4-6-11;/h4-10,12-21H,1-3H3;2-5,7-9H,1H3;/q2*-1;/i;1D3;. The SMILES string of the molecule is [2H]C([2H])([2H])c1ccc(-c2[c-]cccc2)nc1.[CH3][Ge]([CH3])([CH3])[c]1ccc(-c2ccc(-c3cccc4c3oc3c(-c5ccccn5)[c-]ccc34)cc2)cc1.[Ir]. The Balaban J connectivity index is 0.000000230. The zero-order valence-corrected chi connectivity index (χ0v) is 32.0. The van der Waals surface area contributed by atoms with Crippen LogP contribution in [0.2, 0.25) is 17.3 Å². The number of furan rings is 1. The minimum absolute atomic E-state index is 0. The van der Waals surface area contributed by atoms with Gasteiger partial charge in [-0.15, -0.1) is 54.1 Å². The van der Waals surface area contributed by atoms with Crippen LogP contribution in [0.15, 0.2) is 150 Å². The molecule has 0 atom stereocenters. The van der Waals surface area contributed by atoms with Crippen molar-refractivity contribution >= 4 is 39.6 Å². The molecule has 0 amide bonds. The van der Waals surface area contributed by atoms with Gasteiger partial charge in [0, 0.05) is 36.6 Å². The number of hydrogen-bond donors (Lipinski definition) is 0. The van der Waals surface area contributed by atoms with Crippen LogP contribution in [0.25, 0.3) is 66.7 Å². The van der Waals surface area contributed by atoms with E-state index < -0.39 is 20.1 Å². The molecule has 1 radical (unpaired) electrons. The number of pyridine rings is 2. The van der Waals surface area contributed by atoms with Crippen LogP contribution < -0.4 is 4.40 Å². The summed E-state index contributed by atoms with van der Waals surface area (Å²) in [6, 6.07) is 51.4. The third-order valence-corrected chi connectivity index (χ3v) is 12.7. The van der Waals surface area contributed by atoms with Crippen molar-refractivity contribution in [2.75, 3.05) is 0 Å². The van der Waals surface area contributed by atoms with E-state index in [0.717, 1.165) is 55.6 Å². The fraction of sp³-hybridized carbons (Fsp3) is 0.0909. The number of rotatable bonds is 5. The van der Waals surface area contributed by atoms with Gasteiger partial charge >= 0.3 is 150 Å². The van der Waals surface area contributed by atoms with Crippen molar-refractivity contribution < 1.29 is 28.6 Å². The number of benzene rings is 5. The molecule has 0 N–H and O–H groups in total. The molecule has 243 valence electrons. The summed E-state index contributed by atoms with van der Waals surface area (Å²) in [5.41, 5.74) is 10.0. The molecule has 0 saturated carbocycles. The molecule has 8 rings (SSSR count). The van der Waals surface area contributed by atoms with Crippen LogP contribution in [0.3, 0.4) is 0 Å². The quantitative estimate of drug-likeness (QED) is 0.128. The minimum Gasteiger partial charge on any atom is 0 e. The number of hydrogen-bond acceptors (Lipinski definition) is 3. The molecule has 5 heteroatoms. The molecule has 0 aliphatic carbocycles. The van der Waals surface area contributed by atoms with Gasteiger partial charge in [-0.3, -0.25) is 0 Å². The molecule has 0 fully saturated rings. The Bertz CT molecular complexity index is 2410. The first kappa shape index (κ1) is 30.5. The van der Waals surface area contributed by atoms with Gasteiger partial charge in [0.25, 0.3) is 0 Å². The number of nitrogens with zero attached hydrogens (tertiary/aromatic N) is 2. The second kappa shape index (κ2) is 14.9. The smallest absolute Gasteiger partial charge is 0 e. The summed E-state index contributed by atoms with van der Waals surface area (Å²) in [6.45, 7) is -2.09. The van der Waals surface area contributed by atoms with Crippen LogP contribution in [0, 0.1) is 19.0 Å². The first-order chi connectivity index (χ1) is 24.6. The van der Waals surface area contributed by atoms with E-state index in [-0.39, 0.29) is 25.7 Å².